The molecule has 2 aromatic carbocycles. The molecule has 0 fully saturated rings. The minimum atomic E-state index is -4.22. The maximum Gasteiger partial charge on any atom is 0.416 e. The van der Waals surface area contributed by atoms with E-state index in [2.05, 4.69) is 31.2 Å². The van der Waals surface area contributed by atoms with E-state index < -0.39 is 11.7 Å². The van der Waals surface area contributed by atoms with Crippen LogP contribution < -0.4 is 0 Å². The summed E-state index contributed by atoms with van der Waals surface area (Å²) in [5.74, 6) is 0.623. The van der Waals surface area contributed by atoms with Gasteiger partial charge in [-0.15, -0.1) is 11.6 Å². The van der Waals surface area contributed by atoms with Gasteiger partial charge in [0, 0.05) is 5.88 Å². The average Bonchev–Trinajstić information content (AvgIpc) is 2.55. The molecular formula is C19H22ClF3. The van der Waals surface area contributed by atoms with E-state index >= 15 is 0 Å². The summed E-state index contributed by atoms with van der Waals surface area (Å²) in [6.07, 6.45) is -1.10. The summed E-state index contributed by atoms with van der Waals surface area (Å²) in [4.78, 5) is 0. The standard InChI is InChI=1S/C10H13Cl.C9H9F3/c1-2-4-9-5-3-6-10(7-9)8-11;1-2-7-3-5-8(6-4-7)9(10,11)12/h3,5-7H,2,4,8H2,1H3;3-6H,2H2,1H3. The van der Waals surface area contributed by atoms with Crippen LogP contribution in [-0.4, -0.2) is 0 Å². The molecule has 4 heteroatoms. The summed E-state index contributed by atoms with van der Waals surface area (Å²) >= 11 is 5.70. The van der Waals surface area contributed by atoms with Crippen LogP contribution in [0.15, 0.2) is 48.5 Å². The van der Waals surface area contributed by atoms with E-state index in [4.69, 9.17) is 11.6 Å². The topological polar surface area (TPSA) is 0 Å². The van der Waals surface area contributed by atoms with Gasteiger partial charge < -0.3 is 0 Å². The second kappa shape index (κ2) is 9.61. The van der Waals surface area contributed by atoms with Crippen molar-refractivity contribution in [3.8, 4) is 0 Å². The number of alkyl halides is 4. The van der Waals surface area contributed by atoms with E-state index in [1.165, 1.54) is 29.7 Å². The second-order valence-corrected chi connectivity index (χ2v) is 5.52. The number of aryl methyl sites for hydroxylation is 2. The van der Waals surface area contributed by atoms with Gasteiger partial charge in [-0.25, -0.2) is 0 Å². The smallest absolute Gasteiger partial charge is 0.166 e. The molecule has 0 bridgehead atoms. The van der Waals surface area contributed by atoms with Gasteiger partial charge in [-0.2, -0.15) is 13.2 Å². The van der Waals surface area contributed by atoms with Gasteiger partial charge in [0.1, 0.15) is 0 Å². The highest BCUT2D eigenvalue weighted by molar-refractivity contribution is 6.17. The van der Waals surface area contributed by atoms with Gasteiger partial charge >= 0.3 is 6.18 Å². The summed E-state index contributed by atoms with van der Waals surface area (Å²) in [6, 6.07) is 13.7. The molecule has 0 unspecified atom stereocenters. The Labute approximate surface area is 141 Å². The number of rotatable bonds is 4. The zero-order valence-corrected chi connectivity index (χ0v) is 14.2. The molecule has 0 aliphatic heterocycles. The molecule has 0 aliphatic rings. The van der Waals surface area contributed by atoms with Crippen molar-refractivity contribution in [2.24, 2.45) is 0 Å². The fourth-order valence-corrected chi connectivity index (χ4v) is 2.25. The van der Waals surface area contributed by atoms with Crippen molar-refractivity contribution in [3.63, 3.8) is 0 Å². The SMILES string of the molecule is CCCc1cccc(CCl)c1.CCc1ccc(C(F)(F)F)cc1. The van der Waals surface area contributed by atoms with Gasteiger partial charge in [0.05, 0.1) is 5.56 Å². The Morgan fingerprint density at radius 2 is 1.48 bits per heavy atom. The molecule has 0 N–H and O–H groups in total. The Hall–Kier alpha value is -1.48. The molecule has 0 radical (unpaired) electrons. The lowest BCUT2D eigenvalue weighted by Crippen LogP contribution is -2.04. The Kier molecular flexibility index (Phi) is 8.18. The van der Waals surface area contributed by atoms with Crippen LogP contribution in [0.3, 0.4) is 0 Å². The Balaban J connectivity index is 0.000000231. The Morgan fingerprint density at radius 3 is 1.96 bits per heavy atom. The lowest BCUT2D eigenvalue weighted by atomic mass is 10.1. The van der Waals surface area contributed by atoms with E-state index in [1.807, 2.05) is 6.92 Å². The van der Waals surface area contributed by atoms with Crippen molar-refractivity contribution in [1.82, 2.24) is 0 Å². The second-order valence-electron chi connectivity index (χ2n) is 5.25. The van der Waals surface area contributed by atoms with Crippen LogP contribution in [0.25, 0.3) is 0 Å². The minimum absolute atomic E-state index is 0.584. The highest BCUT2D eigenvalue weighted by Crippen LogP contribution is 2.29. The molecule has 126 valence electrons. The largest absolute Gasteiger partial charge is 0.416 e. The van der Waals surface area contributed by atoms with Crippen molar-refractivity contribution in [1.29, 1.82) is 0 Å². The van der Waals surface area contributed by atoms with Crippen molar-refractivity contribution in [2.45, 2.75) is 45.2 Å². The molecular weight excluding hydrogens is 321 g/mol. The summed E-state index contributed by atoms with van der Waals surface area (Å²) in [5.41, 5.74) is 2.95. The molecule has 2 rings (SSSR count). The number of halogens is 4. The maximum absolute atomic E-state index is 12.0. The first-order valence-corrected chi connectivity index (χ1v) is 8.24. The first-order valence-electron chi connectivity index (χ1n) is 7.70. The molecule has 0 atom stereocenters. The van der Waals surface area contributed by atoms with Crippen molar-refractivity contribution >= 4 is 11.6 Å². The molecule has 2 aromatic rings. The van der Waals surface area contributed by atoms with Crippen LogP contribution in [0.4, 0.5) is 13.2 Å². The summed E-state index contributed by atoms with van der Waals surface area (Å²) in [5, 5.41) is 0. The van der Waals surface area contributed by atoms with E-state index in [-0.39, 0.29) is 0 Å². The molecule has 0 amide bonds. The average molecular weight is 343 g/mol. The van der Waals surface area contributed by atoms with Crippen LogP contribution in [0.2, 0.25) is 0 Å². The van der Waals surface area contributed by atoms with Crippen LogP contribution in [-0.2, 0) is 24.9 Å². The van der Waals surface area contributed by atoms with E-state index in [0.717, 1.165) is 30.5 Å². The van der Waals surface area contributed by atoms with Gasteiger partial charge in [-0.05, 0) is 41.7 Å². The van der Waals surface area contributed by atoms with Gasteiger partial charge in [-0.3, -0.25) is 0 Å². The lowest BCUT2D eigenvalue weighted by molar-refractivity contribution is -0.137. The highest BCUT2D eigenvalue weighted by Gasteiger charge is 2.29. The molecule has 23 heavy (non-hydrogen) atoms. The summed E-state index contributed by atoms with van der Waals surface area (Å²) < 4.78 is 36.1. The fraction of sp³-hybridized carbons (Fsp3) is 0.368. The molecule has 0 saturated carbocycles. The highest BCUT2D eigenvalue weighted by atomic mass is 35.5. The molecule has 0 heterocycles. The Bertz CT molecular complexity index is 574. The van der Waals surface area contributed by atoms with Crippen LogP contribution in [0, 0.1) is 0 Å². The van der Waals surface area contributed by atoms with Crippen LogP contribution in [0.5, 0.6) is 0 Å². The van der Waals surface area contributed by atoms with Crippen LogP contribution >= 0.6 is 11.6 Å². The molecule has 0 aromatic heterocycles. The van der Waals surface area contributed by atoms with Crippen molar-refractivity contribution in [2.75, 3.05) is 0 Å². The third kappa shape index (κ3) is 7.08. The lowest BCUT2D eigenvalue weighted by Gasteiger charge is -2.06. The monoisotopic (exact) mass is 342 g/mol. The minimum Gasteiger partial charge on any atom is -0.166 e. The first kappa shape index (κ1) is 19.6. The fourth-order valence-electron chi connectivity index (χ4n) is 2.09. The van der Waals surface area contributed by atoms with Crippen molar-refractivity contribution in [3.05, 3.63) is 70.8 Å². The van der Waals surface area contributed by atoms with Gasteiger partial charge in [0.2, 0.25) is 0 Å². The molecule has 0 spiro atoms. The third-order valence-corrected chi connectivity index (χ3v) is 3.68. The summed E-state index contributed by atoms with van der Waals surface area (Å²) in [6.45, 7) is 4.09. The Morgan fingerprint density at radius 1 is 0.870 bits per heavy atom. The molecule has 0 saturated heterocycles. The van der Waals surface area contributed by atoms with Gasteiger partial charge in [0.25, 0.3) is 0 Å². The predicted molar refractivity (Wildman–Crippen MR) is 90.8 cm³/mol. The number of hydrogen-bond donors (Lipinski definition) is 0. The van der Waals surface area contributed by atoms with Crippen molar-refractivity contribution < 1.29 is 13.2 Å². The third-order valence-electron chi connectivity index (χ3n) is 3.37. The predicted octanol–water partition coefficient (Wildman–Crippen LogP) is 6.65. The summed E-state index contributed by atoms with van der Waals surface area (Å²) in [7, 11) is 0. The molecule has 0 aliphatic carbocycles. The first-order chi connectivity index (χ1) is 10.9. The number of hydrogen-bond acceptors (Lipinski definition) is 0. The normalized spacial score (nSPS) is 10.9. The van der Waals surface area contributed by atoms with E-state index in [1.54, 1.807) is 0 Å². The van der Waals surface area contributed by atoms with E-state index in [9.17, 15) is 13.2 Å². The van der Waals surface area contributed by atoms with Gasteiger partial charge in [0.15, 0.2) is 0 Å². The number of benzene rings is 2. The quantitative estimate of drug-likeness (QED) is 0.546. The molecule has 0 nitrogen and oxygen atoms in total. The zero-order chi connectivity index (χ0) is 17.3. The van der Waals surface area contributed by atoms with E-state index in [0.29, 0.717) is 5.88 Å². The van der Waals surface area contributed by atoms with Crippen LogP contribution in [0.1, 0.15) is 42.5 Å². The zero-order valence-electron chi connectivity index (χ0n) is 13.5. The van der Waals surface area contributed by atoms with Gasteiger partial charge in [-0.1, -0.05) is 56.7 Å². The maximum atomic E-state index is 12.0.